The van der Waals surface area contributed by atoms with Crippen LogP contribution in [-0.2, 0) is 12.8 Å². The van der Waals surface area contributed by atoms with E-state index in [9.17, 15) is 10.2 Å². The molecule has 0 radical (unpaired) electrons. The van der Waals surface area contributed by atoms with Gasteiger partial charge in [0.25, 0.3) is 0 Å². The lowest BCUT2D eigenvalue weighted by atomic mass is 9.96. The molecule has 150 valence electrons. The molecule has 1 aromatic rings. The van der Waals surface area contributed by atoms with Crippen LogP contribution in [0.2, 0.25) is 0 Å². The van der Waals surface area contributed by atoms with E-state index in [2.05, 4.69) is 19.2 Å². The summed E-state index contributed by atoms with van der Waals surface area (Å²) in [6, 6.07) is 1.62. The van der Waals surface area contributed by atoms with Gasteiger partial charge in [0.1, 0.15) is 11.5 Å². The van der Waals surface area contributed by atoms with Gasteiger partial charge in [-0.3, -0.25) is 0 Å². The van der Waals surface area contributed by atoms with E-state index in [4.69, 9.17) is 5.11 Å². The highest BCUT2D eigenvalue weighted by molar-refractivity contribution is 5.67. The topological polar surface area (TPSA) is 60.7 Å². The molecule has 0 aliphatic rings. The molecule has 0 heterocycles. The minimum atomic E-state index is 0.199. The van der Waals surface area contributed by atoms with Gasteiger partial charge in [-0.05, 0) is 38.2 Å². The molecule has 1 rings (SSSR count). The average molecular weight is 373 g/mol. The largest absolute Gasteiger partial charge is 0.508 e. The van der Waals surface area contributed by atoms with E-state index in [-0.39, 0.29) is 11.5 Å². The molecular formula is C24H36O3. The van der Waals surface area contributed by atoms with E-state index in [0.29, 0.717) is 30.6 Å². The molecule has 0 unspecified atom stereocenters. The van der Waals surface area contributed by atoms with Gasteiger partial charge < -0.3 is 15.3 Å². The highest BCUT2D eigenvalue weighted by Gasteiger charge is 2.14. The molecule has 3 nitrogen and oxygen atoms in total. The summed E-state index contributed by atoms with van der Waals surface area (Å²) >= 11 is 0. The second-order valence-electron chi connectivity index (χ2n) is 7.02. The van der Waals surface area contributed by atoms with Crippen molar-refractivity contribution >= 4 is 6.08 Å². The first-order valence-corrected chi connectivity index (χ1v) is 10.2. The Morgan fingerprint density at radius 2 is 1.41 bits per heavy atom. The van der Waals surface area contributed by atoms with Crippen molar-refractivity contribution in [2.24, 2.45) is 0 Å². The quantitative estimate of drug-likeness (QED) is 0.199. The van der Waals surface area contributed by atoms with Gasteiger partial charge >= 0.3 is 0 Å². The zero-order chi connectivity index (χ0) is 19.9. The number of rotatable bonds is 15. The Hall–Kier alpha value is -2.00. The van der Waals surface area contributed by atoms with Crippen molar-refractivity contribution in [2.75, 3.05) is 6.61 Å². The first-order chi connectivity index (χ1) is 13.2. The number of aliphatic hydroxyl groups excluding tert-OH is 1. The number of hydrogen-bond acceptors (Lipinski definition) is 3. The molecule has 1 aromatic carbocycles. The van der Waals surface area contributed by atoms with Gasteiger partial charge in [0.05, 0.1) is 0 Å². The van der Waals surface area contributed by atoms with E-state index in [1.807, 2.05) is 6.08 Å². The maximum absolute atomic E-state index is 10.6. The maximum atomic E-state index is 10.6. The summed E-state index contributed by atoms with van der Waals surface area (Å²) in [6.07, 6.45) is 18.8. The van der Waals surface area contributed by atoms with Crippen molar-refractivity contribution in [1.29, 1.82) is 0 Å². The Morgan fingerprint density at radius 3 is 2.00 bits per heavy atom. The van der Waals surface area contributed by atoms with Crippen LogP contribution in [0.3, 0.4) is 0 Å². The molecule has 0 amide bonds. The highest BCUT2D eigenvalue weighted by Crippen LogP contribution is 2.35. The van der Waals surface area contributed by atoms with Crippen molar-refractivity contribution in [1.82, 2.24) is 0 Å². The van der Waals surface area contributed by atoms with Crippen molar-refractivity contribution in [3.05, 3.63) is 54.1 Å². The Kier molecular flexibility index (Phi) is 12.0. The number of unbranched alkanes of at least 4 members (excludes halogenated alkanes) is 8. The molecule has 27 heavy (non-hydrogen) atoms. The molecule has 0 fully saturated rings. The molecule has 0 spiro atoms. The number of phenols is 2. The summed E-state index contributed by atoms with van der Waals surface area (Å²) in [7, 11) is 0. The summed E-state index contributed by atoms with van der Waals surface area (Å²) in [4.78, 5) is 0. The monoisotopic (exact) mass is 372 g/mol. The minimum absolute atomic E-state index is 0.199. The predicted octanol–water partition coefficient (Wildman–Crippen LogP) is 6.07. The summed E-state index contributed by atoms with van der Waals surface area (Å²) in [5, 5.41) is 29.6. The highest BCUT2D eigenvalue weighted by atomic mass is 16.3. The molecule has 0 bridgehead atoms. The molecule has 3 heteroatoms. The van der Waals surface area contributed by atoms with Crippen LogP contribution >= 0.6 is 0 Å². The van der Waals surface area contributed by atoms with Gasteiger partial charge in [-0.15, -0.1) is 13.2 Å². The van der Waals surface area contributed by atoms with Crippen LogP contribution in [0.25, 0.3) is 6.08 Å². The molecule has 0 aliphatic heterocycles. The second-order valence-corrected chi connectivity index (χ2v) is 7.02. The first-order valence-electron chi connectivity index (χ1n) is 10.2. The second kappa shape index (κ2) is 14.1. The first kappa shape index (κ1) is 23.0. The molecule has 0 aromatic heterocycles. The van der Waals surface area contributed by atoms with E-state index >= 15 is 0 Å². The molecule has 0 saturated carbocycles. The number of aliphatic hydroxyl groups is 1. The third-order valence-corrected chi connectivity index (χ3v) is 4.78. The van der Waals surface area contributed by atoms with Gasteiger partial charge in [-0.25, -0.2) is 0 Å². The van der Waals surface area contributed by atoms with Crippen LogP contribution in [0, 0.1) is 0 Å². The average Bonchev–Trinajstić information content (AvgIpc) is 2.66. The smallest absolute Gasteiger partial charge is 0.126 e. The zero-order valence-corrected chi connectivity index (χ0v) is 16.6. The Labute approximate surface area is 164 Å². The van der Waals surface area contributed by atoms with Crippen LogP contribution in [0.1, 0.15) is 74.5 Å². The SMILES string of the molecule is C=CCc1cc(O)c(CC=C)c(/C=C/CCCCCCCCCCO)c1O. The van der Waals surface area contributed by atoms with Gasteiger partial charge in [-0.1, -0.05) is 62.8 Å². The minimum Gasteiger partial charge on any atom is -0.508 e. The predicted molar refractivity (Wildman–Crippen MR) is 115 cm³/mol. The van der Waals surface area contributed by atoms with E-state index in [1.165, 1.54) is 32.1 Å². The fourth-order valence-electron chi connectivity index (χ4n) is 3.26. The van der Waals surface area contributed by atoms with Crippen LogP contribution in [0.5, 0.6) is 11.5 Å². The standard InChI is InChI=1S/C24H36O3/c1-3-15-20-19-23(26)21(16-4-2)22(24(20)27)17-13-11-9-7-5-6-8-10-12-14-18-25/h3-4,13,17,19,25-27H,1-2,5-12,14-16,18H2/b17-13+. The lowest BCUT2D eigenvalue weighted by Crippen LogP contribution is -1.94. The number of hydrogen-bond donors (Lipinski definition) is 3. The van der Waals surface area contributed by atoms with Gasteiger partial charge in [0.15, 0.2) is 0 Å². The number of aromatic hydroxyl groups is 2. The third-order valence-electron chi connectivity index (χ3n) is 4.78. The van der Waals surface area contributed by atoms with Crippen molar-refractivity contribution < 1.29 is 15.3 Å². The third kappa shape index (κ3) is 8.49. The summed E-state index contributed by atoms with van der Waals surface area (Å²) < 4.78 is 0. The Bertz CT molecular complexity index is 602. The van der Waals surface area contributed by atoms with Crippen LogP contribution in [-0.4, -0.2) is 21.9 Å². The molecule has 3 N–H and O–H groups in total. The van der Waals surface area contributed by atoms with Gasteiger partial charge in [0, 0.05) is 23.3 Å². The number of benzene rings is 1. The normalized spacial score (nSPS) is 11.1. The van der Waals surface area contributed by atoms with Crippen LogP contribution < -0.4 is 0 Å². The van der Waals surface area contributed by atoms with E-state index < -0.39 is 0 Å². The van der Waals surface area contributed by atoms with Gasteiger partial charge in [0.2, 0.25) is 0 Å². The lowest BCUT2D eigenvalue weighted by molar-refractivity contribution is 0.282. The van der Waals surface area contributed by atoms with Crippen LogP contribution in [0.15, 0.2) is 37.5 Å². The Morgan fingerprint density at radius 1 is 0.815 bits per heavy atom. The zero-order valence-electron chi connectivity index (χ0n) is 16.6. The van der Waals surface area contributed by atoms with E-state index in [1.54, 1.807) is 18.2 Å². The summed E-state index contributed by atoms with van der Waals surface area (Å²) in [6.45, 7) is 7.76. The molecule has 0 saturated heterocycles. The van der Waals surface area contributed by atoms with Crippen molar-refractivity contribution in [2.45, 2.75) is 70.6 Å². The van der Waals surface area contributed by atoms with Crippen molar-refractivity contribution in [3.63, 3.8) is 0 Å². The Balaban J connectivity index is 2.51. The fourth-order valence-corrected chi connectivity index (χ4v) is 3.26. The van der Waals surface area contributed by atoms with Crippen molar-refractivity contribution in [3.8, 4) is 11.5 Å². The van der Waals surface area contributed by atoms with Crippen LogP contribution in [0.4, 0.5) is 0 Å². The fraction of sp³-hybridized carbons (Fsp3) is 0.500. The van der Waals surface area contributed by atoms with E-state index in [0.717, 1.165) is 31.2 Å². The van der Waals surface area contributed by atoms with Gasteiger partial charge in [-0.2, -0.15) is 0 Å². The molecule has 0 atom stereocenters. The summed E-state index contributed by atoms with van der Waals surface area (Å²) in [5.41, 5.74) is 2.10. The number of phenolic OH excluding ortho intramolecular Hbond substituents is 2. The lowest BCUT2D eigenvalue weighted by Gasteiger charge is -2.13. The molecular weight excluding hydrogens is 336 g/mol. The molecule has 0 aliphatic carbocycles. The maximum Gasteiger partial charge on any atom is 0.126 e. The number of allylic oxidation sites excluding steroid dienone is 3. The summed E-state index contributed by atoms with van der Waals surface area (Å²) in [5.74, 6) is 0.425.